The molecule has 1 atom stereocenters. The van der Waals surface area contributed by atoms with Crippen molar-refractivity contribution in [3.63, 3.8) is 0 Å². The Labute approximate surface area is 180 Å². The summed E-state index contributed by atoms with van der Waals surface area (Å²) in [4.78, 5) is 26.0. The first-order valence-electron chi connectivity index (χ1n) is 8.46. The topological polar surface area (TPSA) is 61.4 Å². The number of halogens is 5. The van der Waals surface area contributed by atoms with E-state index in [4.69, 9.17) is 34.8 Å². The highest BCUT2D eigenvalue weighted by atomic mass is 35.5. The van der Waals surface area contributed by atoms with Gasteiger partial charge in [0.25, 0.3) is 5.91 Å². The average Bonchev–Trinajstić information content (AvgIpc) is 3.27. The van der Waals surface area contributed by atoms with Crippen LogP contribution in [-0.4, -0.2) is 30.2 Å². The Morgan fingerprint density at radius 3 is 2.38 bits per heavy atom. The van der Waals surface area contributed by atoms with Gasteiger partial charge in [-0.3, -0.25) is 9.59 Å². The smallest absolute Gasteiger partial charge is 0.257 e. The standard InChI is InChI=1S/C19H16Cl3F2N3O2/c1-27(2)16-13(23)5-6-14(15(16)24)26-17(28)10-7-9(3-4-12(10)20)25-18(29)11-8-19(11,21)22/h3-7,11H,8H2,1-2H3,(H,25,29)(H,26,28)/t11-/m1/s1. The molecule has 1 aliphatic carbocycles. The molecular weight excluding hydrogens is 447 g/mol. The van der Waals surface area contributed by atoms with Crippen LogP contribution in [0.4, 0.5) is 25.8 Å². The van der Waals surface area contributed by atoms with Gasteiger partial charge in [0, 0.05) is 19.8 Å². The van der Waals surface area contributed by atoms with Gasteiger partial charge in [0.05, 0.1) is 22.2 Å². The Morgan fingerprint density at radius 2 is 1.79 bits per heavy atom. The van der Waals surface area contributed by atoms with E-state index in [-0.39, 0.29) is 27.9 Å². The van der Waals surface area contributed by atoms with Gasteiger partial charge in [-0.05, 0) is 36.8 Å². The maximum atomic E-state index is 14.6. The summed E-state index contributed by atoms with van der Waals surface area (Å²) in [7, 11) is 2.96. The third kappa shape index (κ3) is 4.57. The van der Waals surface area contributed by atoms with Crippen LogP contribution >= 0.6 is 34.8 Å². The Bertz CT molecular complexity index is 999. The summed E-state index contributed by atoms with van der Waals surface area (Å²) in [5.74, 6) is -3.33. The lowest BCUT2D eigenvalue weighted by Crippen LogP contribution is -2.19. The van der Waals surface area contributed by atoms with Gasteiger partial charge in [0.2, 0.25) is 5.91 Å². The van der Waals surface area contributed by atoms with Crippen LogP contribution in [0.5, 0.6) is 0 Å². The van der Waals surface area contributed by atoms with Crippen molar-refractivity contribution < 1.29 is 18.4 Å². The van der Waals surface area contributed by atoms with Gasteiger partial charge < -0.3 is 15.5 Å². The van der Waals surface area contributed by atoms with Gasteiger partial charge in [-0.25, -0.2) is 8.78 Å². The monoisotopic (exact) mass is 461 g/mol. The van der Waals surface area contributed by atoms with Crippen LogP contribution < -0.4 is 15.5 Å². The van der Waals surface area contributed by atoms with Crippen molar-refractivity contribution in [2.75, 3.05) is 29.6 Å². The van der Waals surface area contributed by atoms with Crippen LogP contribution in [-0.2, 0) is 4.79 Å². The molecule has 0 radical (unpaired) electrons. The molecule has 3 rings (SSSR count). The van der Waals surface area contributed by atoms with Gasteiger partial charge in [0.1, 0.15) is 15.8 Å². The summed E-state index contributed by atoms with van der Waals surface area (Å²) in [5, 5.41) is 5.07. The lowest BCUT2D eigenvalue weighted by Gasteiger charge is -2.17. The number of benzene rings is 2. The molecule has 10 heteroatoms. The van der Waals surface area contributed by atoms with Crippen LogP contribution in [0, 0.1) is 17.6 Å². The van der Waals surface area contributed by atoms with Crippen LogP contribution in [0.25, 0.3) is 0 Å². The van der Waals surface area contributed by atoms with Gasteiger partial charge in [-0.15, -0.1) is 23.2 Å². The number of amides is 2. The van der Waals surface area contributed by atoms with Gasteiger partial charge in [0.15, 0.2) is 5.82 Å². The second kappa shape index (κ2) is 7.97. The second-order valence-corrected chi connectivity index (χ2v) is 8.76. The number of hydrogen-bond donors (Lipinski definition) is 2. The normalized spacial score (nSPS) is 16.9. The Kier molecular flexibility index (Phi) is 5.94. The number of carbonyl (C=O) groups is 2. The number of nitrogens with one attached hydrogen (secondary N) is 2. The fraction of sp³-hybridized carbons (Fsp3) is 0.263. The van der Waals surface area contributed by atoms with E-state index in [0.29, 0.717) is 12.1 Å². The van der Waals surface area contributed by atoms with Gasteiger partial charge in [-0.1, -0.05) is 11.6 Å². The predicted octanol–water partition coefficient (Wildman–Crippen LogP) is 5.07. The van der Waals surface area contributed by atoms with Crippen molar-refractivity contribution in [2.24, 2.45) is 5.92 Å². The van der Waals surface area contributed by atoms with Crippen molar-refractivity contribution in [3.8, 4) is 0 Å². The van der Waals surface area contributed by atoms with Crippen molar-refractivity contribution >= 4 is 63.7 Å². The minimum atomic E-state index is -1.08. The zero-order valence-electron chi connectivity index (χ0n) is 15.3. The summed E-state index contributed by atoms with van der Waals surface area (Å²) in [5.41, 5.74) is -0.199. The molecule has 5 nitrogen and oxygen atoms in total. The molecule has 1 aliphatic rings. The molecule has 29 heavy (non-hydrogen) atoms. The molecule has 0 aromatic heterocycles. The first kappa shape index (κ1) is 21.6. The lowest BCUT2D eigenvalue weighted by atomic mass is 10.1. The van der Waals surface area contributed by atoms with E-state index in [2.05, 4.69) is 10.6 Å². The predicted molar refractivity (Wildman–Crippen MR) is 111 cm³/mol. The highest BCUT2D eigenvalue weighted by Crippen LogP contribution is 2.53. The zero-order chi connectivity index (χ0) is 21.5. The van der Waals surface area contributed by atoms with Crippen molar-refractivity contribution in [3.05, 3.63) is 52.6 Å². The maximum absolute atomic E-state index is 14.6. The molecule has 154 valence electrons. The van der Waals surface area contributed by atoms with Crippen LogP contribution in [0.15, 0.2) is 30.3 Å². The number of alkyl halides is 2. The van der Waals surface area contributed by atoms with Crippen molar-refractivity contribution in [1.29, 1.82) is 0 Å². The summed E-state index contributed by atoms with van der Waals surface area (Å²) in [6, 6.07) is 6.43. The van der Waals surface area contributed by atoms with Crippen LogP contribution in [0.1, 0.15) is 16.8 Å². The molecule has 0 saturated heterocycles. The fourth-order valence-corrected chi connectivity index (χ4v) is 3.45. The van der Waals surface area contributed by atoms with E-state index < -0.39 is 27.8 Å². The van der Waals surface area contributed by atoms with Crippen molar-refractivity contribution in [1.82, 2.24) is 0 Å². The molecule has 2 amide bonds. The van der Waals surface area contributed by atoms with E-state index >= 15 is 0 Å². The van der Waals surface area contributed by atoms with Crippen molar-refractivity contribution in [2.45, 2.75) is 10.8 Å². The molecule has 2 aromatic rings. The van der Waals surface area contributed by atoms with Gasteiger partial charge >= 0.3 is 0 Å². The second-order valence-electron chi connectivity index (χ2n) is 6.81. The SMILES string of the molecule is CN(C)c1c(F)ccc(NC(=O)c2cc(NC(=O)[C@H]3CC3(Cl)Cl)ccc2Cl)c1F. The number of nitrogens with zero attached hydrogens (tertiary/aromatic N) is 1. The molecule has 1 saturated carbocycles. The Balaban J connectivity index is 1.81. The molecular formula is C19H16Cl3F2N3O2. The van der Waals surface area contributed by atoms with E-state index in [1.54, 1.807) is 0 Å². The minimum absolute atomic E-state index is 0.00148. The molecule has 0 bridgehead atoms. The fourth-order valence-electron chi connectivity index (χ4n) is 2.74. The van der Waals surface area contributed by atoms with Crippen LogP contribution in [0.3, 0.4) is 0 Å². The summed E-state index contributed by atoms with van der Waals surface area (Å²) in [6.07, 6.45) is 0.334. The molecule has 0 aliphatic heterocycles. The summed E-state index contributed by atoms with van der Waals surface area (Å²) in [6.45, 7) is 0. The molecule has 0 spiro atoms. The van der Waals surface area contributed by atoms with E-state index in [1.165, 1.54) is 37.2 Å². The Morgan fingerprint density at radius 1 is 1.14 bits per heavy atom. The third-order valence-corrected chi connectivity index (χ3v) is 5.55. The van der Waals surface area contributed by atoms with E-state index in [1.807, 2.05) is 0 Å². The third-order valence-electron chi connectivity index (χ3n) is 4.38. The molecule has 2 aromatic carbocycles. The highest BCUT2D eigenvalue weighted by molar-refractivity contribution is 6.52. The van der Waals surface area contributed by atoms with Gasteiger partial charge in [-0.2, -0.15) is 0 Å². The summed E-state index contributed by atoms with van der Waals surface area (Å²) < 4.78 is 27.3. The highest BCUT2D eigenvalue weighted by Gasteiger charge is 2.56. The minimum Gasteiger partial charge on any atom is -0.373 e. The Hall–Kier alpha value is -2.09. The first-order valence-corrected chi connectivity index (χ1v) is 9.59. The maximum Gasteiger partial charge on any atom is 0.257 e. The number of anilines is 3. The molecule has 0 heterocycles. The quantitative estimate of drug-likeness (QED) is 0.610. The number of hydrogen-bond acceptors (Lipinski definition) is 3. The molecule has 2 N–H and O–H groups in total. The zero-order valence-corrected chi connectivity index (χ0v) is 17.6. The molecule has 1 fully saturated rings. The summed E-state index contributed by atoms with van der Waals surface area (Å²) >= 11 is 17.8. The van der Waals surface area contributed by atoms with E-state index in [9.17, 15) is 18.4 Å². The first-order chi connectivity index (χ1) is 13.5. The largest absolute Gasteiger partial charge is 0.373 e. The molecule has 0 unspecified atom stereocenters. The lowest BCUT2D eigenvalue weighted by molar-refractivity contribution is -0.117. The number of rotatable bonds is 5. The average molecular weight is 463 g/mol. The van der Waals surface area contributed by atoms with Crippen LogP contribution in [0.2, 0.25) is 5.02 Å². The number of carbonyl (C=O) groups excluding carboxylic acids is 2. The van der Waals surface area contributed by atoms with E-state index in [0.717, 1.165) is 12.1 Å².